The highest BCUT2D eigenvalue weighted by atomic mass is 32.1. The predicted octanol–water partition coefficient (Wildman–Crippen LogP) is 10.1. The maximum Gasteiger partial charge on any atom is 0.119 e. The Bertz CT molecular complexity index is 1090. The number of thiophene rings is 1. The van der Waals surface area contributed by atoms with Crippen molar-refractivity contribution >= 4 is 27.7 Å². The van der Waals surface area contributed by atoms with Crippen molar-refractivity contribution in [3.8, 4) is 22.1 Å². The Morgan fingerprint density at radius 1 is 0.649 bits per heavy atom. The van der Waals surface area contributed by atoms with Gasteiger partial charge in [-0.2, -0.15) is 0 Å². The van der Waals surface area contributed by atoms with Crippen LogP contribution in [0.2, 0.25) is 0 Å². The molecule has 0 aliphatic heterocycles. The quantitative estimate of drug-likeness (QED) is 0.151. The van der Waals surface area contributed by atoms with Gasteiger partial charge in [0.1, 0.15) is 16.5 Å². The SMILES string of the molecule is CCCCCCOc1ccc(N(c2ccc(OCCCCCC)cc2)c2ccc(-c3ccc[nH]3)s2)cc1. The van der Waals surface area contributed by atoms with Gasteiger partial charge in [0.15, 0.2) is 0 Å². The molecule has 5 heteroatoms. The zero-order valence-electron chi connectivity index (χ0n) is 22.2. The minimum atomic E-state index is 0.771. The molecule has 0 saturated heterocycles. The molecule has 0 fully saturated rings. The van der Waals surface area contributed by atoms with Gasteiger partial charge >= 0.3 is 0 Å². The summed E-state index contributed by atoms with van der Waals surface area (Å²) in [5.41, 5.74) is 3.34. The third kappa shape index (κ3) is 7.90. The number of hydrogen-bond donors (Lipinski definition) is 1. The number of hydrogen-bond acceptors (Lipinski definition) is 4. The first-order valence-corrected chi connectivity index (χ1v) is 14.6. The van der Waals surface area contributed by atoms with E-state index in [1.54, 1.807) is 11.3 Å². The van der Waals surface area contributed by atoms with Gasteiger partial charge in [-0.1, -0.05) is 52.4 Å². The van der Waals surface area contributed by atoms with Crippen LogP contribution in [0.15, 0.2) is 79.0 Å². The molecule has 1 N–H and O–H groups in total. The van der Waals surface area contributed by atoms with Crippen LogP contribution in [0, 0.1) is 0 Å². The van der Waals surface area contributed by atoms with Crippen LogP contribution in [-0.2, 0) is 0 Å². The van der Waals surface area contributed by atoms with Crippen LogP contribution in [0.5, 0.6) is 11.5 Å². The van der Waals surface area contributed by atoms with Crippen LogP contribution in [0.25, 0.3) is 10.6 Å². The Morgan fingerprint density at radius 2 is 1.22 bits per heavy atom. The number of rotatable bonds is 16. The largest absolute Gasteiger partial charge is 0.494 e. The summed E-state index contributed by atoms with van der Waals surface area (Å²) >= 11 is 1.77. The summed E-state index contributed by atoms with van der Waals surface area (Å²) in [6.07, 6.45) is 11.6. The maximum atomic E-state index is 5.99. The van der Waals surface area contributed by atoms with E-state index in [1.165, 1.54) is 43.4 Å². The molecular formula is C32H40N2O2S. The Morgan fingerprint density at radius 3 is 1.70 bits per heavy atom. The molecule has 4 rings (SSSR count). The minimum Gasteiger partial charge on any atom is -0.494 e. The summed E-state index contributed by atoms with van der Waals surface area (Å²) in [4.78, 5) is 6.83. The molecule has 0 saturated carbocycles. The van der Waals surface area contributed by atoms with E-state index in [0.717, 1.165) is 59.6 Å². The topological polar surface area (TPSA) is 37.5 Å². The Kier molecular flexibility index (Phi) is 10.6. The fourth-order valence-electron chi connectivity index (χ4n) is 4.30. The van der Waals surface area contributed by atoms with E-state index in [1.807, 2.05) is 12.3 Å². The van der Waals surface area contributed by atoms with E-state index in [0.29, 0.717) is 0 Å². The third-order valence-electron chi connectivity index (χ3n) is 6.40. The molecule has 0 radical (unpaired) electrons. The lowest BCUT2D eigenvalue weighted by atomic mass is 10.2. The molecule has 0 aliphatic carbocycles. The third-order valence-corrected chi connectivity index (χ3v) is 7.50. The summed E-state index contributed by atoms with van der Waals surface area (Å²) in [5, 5.41) is 1.16. The van der Waals surface area contributed by atoms with Crippen molar-refractivity contribution in [1.29, 1.82) is 0 Å². The summed E-state index contributed by atoms with van der Waals surface area (Å²) in [6, 6.07) is 25.4. The molecule has 2 aromatic carbocycles. The Balaban J connectivity index is 1.50. The second-order valence-electron chi connectivity index (χ2n) is 9.36. The number of aromatic amines is 1. The minimum absolute atomic E-state index is 0.771. The second-order valence-corrected chi connectivity index (χ2v) is 10.4. The smallest absolute Gasteiger partial charge is 0.119 e. The molecular weight excluding hydrogens is 476 g/mol. The highest BCUT2D eigenvalue weighted by Crippen LogP contribution is 2.42. The van der Waals surface area contributed by atoms with Crippen molar-refractivity contribution in [3.63, 3.8) is 0 Å². The molecule has 4 aromatic rings. The van der Waals surface area contributed by atoms with Crippen molar-refractivity contribution in [2.45, 2.75) is 65.2 Å². The molecule has 0 spiro atoms. The lowest BCUT2D eigenvalue weighted by Crippen LogP contribution is -2.08. The van der Waals surface area contributed by atoms with Gasteiger partial charge in [-0.3, -0.25) is 0 Å². The monoisotopic (exact) mass is 516 g/mol. The van der Waals surface area contributed by atoms with Crippen LogP contribution >= 0.6 is 11.3 Å². The van der Waals surface area contributed by atoms with Crippen molar-refractivity contribution < 1.29 is 9.47 Å². The molecule has 0 amide bonds. The first-order chi connectivity index (χ1) is 18.3. The number of aromatic nitrogens is 1. The lowest BCUT2D eigenvalue weighted by Gasteiger charge is -2.24. The molecule has 196 valence electrons. The normalized spacial score (nSPS) is 11.0. The average molecular weight is 517 g/mol. The summed E-state index contributed by atoms with van der Waals surface area (Å²) in [5.74, 6) is 1.84. The molecule has 0 bridgehead atoms. The molecule has 0 atom stereocenters. The van der Waals surface area contributed by atoms with Crippen LogP contribution in [0.1, 0.15) is 65.2 Å². The van der Waals surface area contributed by atoms with Gasteiger partial charge in [0.25, 0.3) is 0 Å². The number of unbranched alkanes of at least 4 members (excludes halogenated alkanes) is 6. The highest BCUT2D eigenvalue weighted by Gasteiger charge is 2.16. The number of nitrogens with one attached hydrogen (secondary N) is 1. The van der Waals surface area contributed by atoms with Gasteiger partial charge in [-0.25, -0.2) is 0 Å². The molecule has 0 unspecified atom stereocenters. The number of anilines is 3. The van der Waals surface area contributed by atoms with Crippen molar-refractivity contribution in [2.75, 3.05) is 18.1 Å². The number of H-pyrrole nitrogens is 1. The van der Waals surface area contributed by atoms with E-state index in [2.05, 4.69) is 90.5 Å². The summed E-state index contributed by atoms with van der Waals surface area (Å²) in [6.45, 7) is 6.01. The van der Waals surface area contributed by atoms with Gasteiger partial charge in [-0.05, 0) is 85.6 Å². The van der Waals surface area contributed by atoms with Gasteiger partial charge < -0.3 is 19.4 Å². The van der Waals surface area contributed by atoms with Crippen molar-refractivity contribution in [1.82, 2.24) is 4.98 Å². The molecule has 0 aliphatic rings. The van der Waals surface area contributed by atoms with Crippen LogP contribution in [-0.4, -0.2) is 18.2 Å². The molecule has 4 nitrogen and oxygen atoms in total. The van der Waals surface area contributed by atoms with Gasteiger partial charge in [-0.15, -0.1) is 11.3 Å². The molecule has 2 aromatic heterocycles. The van der Waals surface area contributed by atoms with E-state index >= 15 is 0 Å². The lowest BCUT2D eigenvalue weighted by molar-refractivity contribution is 0.305. The second kappa shape index (κ2) is 14.5. The van der Waals surface area contributed by atoms with Gasteiger partial charge in [0, 0.05) is 17.6 Å². The van der Waals surface area contributed by atoms with Gasteiger partial charge in [0.05, 0.1) is 23.8 Å². The Hall–Kier alpha value is -3.18. The number of benzene rings is 2. The maximum absolute atomic E-state index is 5.99. The Labute approximate surface area is 226 Å². The standard InChI is InChI=1S/C32H40N2O2S/c1-3-5-7-9-24-35-28-17-13-26(14-18-28)34(32-22-21-31(37-32)30-12-11-23-33-30)27-15-19-29(20-16-27)36-25-10-8-6-4-2/h11-23,33H,3-10,24-25H2,1-2H3. The first-order valence-electron chi connectivity index (χ1n) is 13.8. The van der Waals surface area contributed by atoms with Crippen LogP contribution in [0.3, 0.4) is 0 Å². The number of ether oxygens (including phenoxy) is 2. The van der Waals surface area contributed by atoms with Crippen molar-refractivity contribution in [2.24, 2.45) is 0 Å². The van der Waals surface area contributed by atoms with E-state index in [9.17, 15) is 0 Å². The summed E-state index contributed by atoms with van der Waals surface area (Å²) < 4.78 is 12.0. The fourth-order valence-corrected chi connectivity index (χ4v) is 5.34. The van der Waals surface area contributed by atoms with Crippen LogP contribution in [0.4, 0.5) is 16.4 Å². The molecule has 37 heavy (non-hydrogen) atoms. The van der Waals surface area contributed by atoms with E-state index < -0.39 is 0 Å². The van der Waals surface area contributed by atoms with E-state index in [4.69, 9.17) is 9.47 Å². The highest BCUT2D eigenvalue weighted by molar-refractivity contribution is 7.19. The summed E-state index contributed by atoms with van der Waals surface area (Å²) in [7, 11) is 0. The molecule has 2 heterocycles. The predicted molar refractivity (Wildman–Crippen MR) is 158 cm³/mol. The zero-order chi connectivity index (χ0) is 25.7. The number of nitrogens with zero attached hydrogens (tertiary/aromatic N) is 1. The van der Waals surface area contributed by atoms with Crippen LogP contribution < -0.4 is 14.4 Å². The fraction of sp³-hybridized carbons (Fsp3) is 0.375. The average Bonchev–Trinajstić information content (AvgIpc) is 3.63. The zero-order valence-corrected chi connectivity index (χ0v) is 23.1. The van der Waals surface area contributed by atoms with Crippen molar-refractivity contribution in [3.05, 3.63) is 79.0 Å². The van der Waals surface area contributed by atoms with Gasteiger partial charge in [0.2, 0.25) is 0 Å². The first kappa shape index (κ1) is 26.9. The van der Waals surface area contributed by atoms with E-state index in [-0.39, 0.29) is 0 Å².